The summed E-state index contributed by atoms with van der Waals surface area (Å²) in [4.78, 5) is 14.3. The maximum absolute atomic E-state index is 12.3. The fraction of sp³-hybridized carbons (Fsp3) is 0.500. The molecule has 1 fully saturated rings. The number of hydrogen-bond donors (Lipinski definition) is 1. The van der Waals surface area contributed by atoms with Crippen LogP contribution >= 0.6 is 11.6 Å². The molecule has 2 unspecified atom stereocenters. The van der Waals surface area contributed by atoms with Crippen molar-refractivity contribution in [1.82, 2.24) is 10.2 Å². The highest BCUT2D eigenvalue weighted by Gasteiger charge is 2.27. The second kappa shape index (κ2) is 5.72. The predicted molar refractivity (Wildman–Crippen MR) is 73.8 cm³/mol. The van der Waals surface area contributed by atoms with E-state index in [1.165, 1.54) is 0 Å². The molecular formula is C14H19ClN2O. The highest BCUT2D eigenvalue weighted by atomic mass is 35.5. The third-order valence-corrected chi connectivity index (χ3v) is 4.02. The van der Waals surface area contributed by atoms with Crippen LogP contribution in [0.2, 0.25) is 5.02 Å². The third kappa shape index (κ3) is 2.85. The van der Waals surface area contributed by atoms with Gasteiger partial charge >= 0.3 is 0 Å². The lowest BCUT2D eigenvalue weighted by Gasteiger charge is -2.38. The largest absolute Gasteiger partial charge is 0.337 e. The maximum Gasteiger partial charge on any atom is 0.227 e. The van der Waals surface area contributed by atoms with Crippen LogP contribution in [-0.2, 0) is 11.2 Å². The van der Waals surface area contributed by atoms with Crippen LogP contribution in [0, 0.1) is 0 Å². The molecule has 1 saturated heterocycles. The van der Waals surface area contributed by atoms with Gasteiger partial charge in [0.15, 0.2) is 0 Å². The average Bonchev–Trinajstić information content (AvgIpc) is 2.35. The first-order chi connectivity index (χ1) is 8.59. The van der Waals surface area contributed by atoms with Crippen molar-refractivity contribution in [2.75, 3.05) is 13.1 Å². The zero-order valence-corrected chi connectivity index (χ0v) is 11.6. The molecule has 18 heavy (non-hydrogen) atoms. The normalized spacial score (nSPS) is 24.1. The molecule has 0 radical (unpaired) electrons. The van der Waals surface area contributed by atoms with E-state index >= 15 is 0 Å². The first-order valence-electron chi connectivity index (χ1n) is 6.36. The van der Waals surface area contributed by atoms with Crippen LogP contribution in [0.1, 0.15) is 19.4 Å². The van der Waals surface area contributed by atoms with Crippen LogP contribution in [0.4, 0.5) is 0 Å². The van der Waals surface area contributed by atoms with Crippen molar-refractivity contribution in [3.05, 3.63) is 34.9 Å². The Kier molecular flexibility index (Phi) is 4.25. The van der Waals surface area contributed by atoms with Crippen molar-refractivity contribution < 1.29 is 4.79 Å². The van der Waals surface area contributed by atoms with Gasteiger partial charge in [-0.05, 0) is 25.5 Å². The third-order valence-electron chi connectivity index (χ3n) is 3.65. The molecule has 1 N–H and O–H groups in total. The quantitative estimate of drug-likeness (QED) is 0.889. The van der Waals surface area contributed by atoms with Crippen LogP contribution in [0.15, 0.2) is 24.3 Å². The molecule has 1 aliphatic heterocycles. The minimum absolute atomic E-state index is 0.156. The van der Waals surface area contributed by atoms with Gasteiger partial charge in [0.05, 0.1) is 6.42 Å². The number of halogens is 1. The highest BCUT2D eigenvalue weighted by molar-refractivity contribution is 6.31. The molecule has 98 valence electrons. The first kappa shape index (κ1) is 13.4. The number of carbonyl (C=O) groups is 1. The number of rotatable bonds is 2. The minimum Gasteiger partial charge on any atom is -0.337 e. The molecule has 1 aromatic carbocycles. The van der Waals surface area contributed by atoms with E-state index in [9.17, 15) is 4.79 Å². The lowest BCUT2D eigenvalue weighted by Crippen LogP contribution is -2.57. The number of nitrogens with one attached hydrogen (secondary N) is 1. The minimum atomic E-state index is 0.156. The summed E-state index contributed by atoms with van der Waals surface area (Å²) < 4.78 is 0. The maximum atomic E-state index is 12.3. The molecule has 0 saturated carbocycles. The molecule has 3 nitrogen and oxygen atoms in total. The van der Waals surface area contributed by atoms with Gasteiger partial charge in [0.2, 0.25) is 5.91 Å². The smallest absolute Gasteiger partial charge is 0.227 e. The molecule has 4 heteroatoms. The molecule has 0 spiro atoms. The van der Waals surface area contributed by atoms with Gasteiger partial charge in [-0.2, -0.15) is 0 Å². The van der Waals surface area contributed by atoms with Gasteiger partial charge in [0.25, 0.3) is 0 Å². The van der Waals surface area contributed by atoms with E-state index in [1.807, 2.05) is 29.2 Å². The van der Waals surface area contributed by atoms with E-state index in [0.717, 1.165) is 18.7 Å². The molecule has 0 aromatic heterocycles. The highest BCUT2D eigenvalue weighted by Crippen LogP contribution is 2.18. The Balaban J connectivity index is 2.06. The van der Waals surface area contributed by atoms with Crippen LogP contribution in [-0.4, -0.2) is 36.0 Å². The topological polar surface area (TPSA) is 32.3 Å². The molecule has 0 aliphatic carbocycles. The van der Waals surface area contributed by atoms with Crippen molar-refractivity contribution in [3.63, 3.8) is 0 Å². The van der Waals surface area contributed by atoms with E-state index in [4.69, 9.17) is 11.6 Å². The Labute approximate surface area is 113 Å². The number of benzene rings is 1. The first-order valence-corrected chi connectivity index (χ1v) is 6.73. The summed E-state index contributed by atoms with van der Waals surface area (Å²) in [6.45, 7) is 5.83. The van der Waals surface area contributed by atoms with Gasteiger partial charge in [-0.3, -0.25) is 4.79 Å². The second-order valence-corrected chi connectivity index (χ2v) is 5.25. The molecule has 0 bridgehead atoms. The Hall–Kier alpha value is -1.06. The van der Waals surface area contributed by atoms with Crippen molar-refractivity contribution in [3.8, 4) is 0 Å². The molecule has 1 amide bonds. The Bertz CT molecular complexity index is 436. The monoisotopic (exact) mass is 266 g/mol. The predicted octanol–water partition coefficient (Wildman–Crippen LogP) is 2.09. The SMILES string of the molecule is CC1NCCN(C(=O)Cc2ccccc2Cl)C1C. The molecule has 2 atom stereocenters. The van der Waals surface area contributed by atoms with Crippen molar-refractivity contribution >= 4 is 17.5 Å². The van der Waals surface area contributed by atoms with Crippen LogP contribution in [0.5, 0.6) is 0 Å². The fourth-order valence-corrected chi connectivity index (χ4v) is 2.52. The van der Waals surface area contributed by atoms with E-state index in [-0.39, 0.29) is 11.9 Å². The van der Waals surface area contributed by atoms with E-state index in [2.05, 4.69) is 19.2 Å². The van der Waals surface area contributed by atoms with E-state index < -0.39 is 0 Å². The summed E-state index contributed by atoms with van der Waals surface area (Å²) in [5.41, 5.74) is 0.905. The number of nitrogens with zero attached hydrogens (tertiary/aromatic N) is 1. The standard InChI is InChI=1S/C14H19ClN2O/c1-10-11(2)17(8-7-16-10)14(18)9-12-5-3-4-6-13(12)15/h3-6,10-11,16H,7-9H2,1-2H3. The zero-order chi connectivity index (χ0) is 13.1. The van der Waals surface area contributed by atoms with Crippen molar-refractivity contribution in [1.29, 1.82) is 0 Å². The van der Waals surface area contributed by atoms with Crippen molar-refractivity contribution in [2.24, 2.45) is 0 Å². The summed E-state index contributed by atoms with van der Waals surface area (Å²) in [6.07, 6.45) is 0.386. The van der Waals surface area contributed by atoms with Gasteiger partial charge < -0.3 is 10.2 Å². The van der Waals surface area contributed by atoms with Crippen molar-refractivity contribution in [2.45, 2.75) is 32.4 Å². The fourth-order valence-electron chi connectivity index (χ4n) is 2.31. The van der Waals surface area contributed by atoms with Crippen LogP contribution in [0.25, 0.3) is 0 Å². The van der Waals surface area contributed by atoms with Crippen LogP contribution in [0.3, 0.4) is 0 Å². The Morgan fingerprint density at radius 2 is 2.17 bits per heavy atom. The van der Waals surface area contributed by atoms with Gasteiger partial charge in [-0.1, -0.05) is 29.8 Å². The zero-order valence-electron chi connectivity index (χ0n) is 10.8. The summed E-state index contributed by atoms with van der Waals surface area (Å²) in [7, 11) is 0. The lowest BCUT2D eigenvalue weighted by atomic mass is 10.1. The number of piperazine rings is 1. The summed E-state index contributed by atoms with van der Waals surface area (Å²) in [5, 5.41) is 4.04. The summed E-state index contributed by atoms with van der Waals surface area (Å²) in [6, 6.07) is 8.11. The summed E-state index contributed by atoms with van der Waals surface area (Å²) in [5.74, 6) is 0.156. The second-order valence-electron chi connectivity index (χ2n) is 4.84. The molecule has 2 rings (SSSR count). The van der Waals surface area contributed by atoms with E-state index in [0.29, 0.717) is 17.5 Å². The Morgan fingerprint density at radius 1 is 1.44 bits per heavy atom. The Morgan fingerprint density at radius 3 is 2.89 bits per heavy atom. The lowest BCUT2D eigenvalue weighted by molar-refractivity contribution is -0.134. The average molecular weight is 267 g/mol. The summed E-state index contributed by atoms with van der Waals surface area (Å²) >= 11 is 6.09. The van der Waals surface area contributed by atoms with E-state index in [1.54, 1.807) is 0 Å². The number of hydrogen-bond acceptors (Lipinski definition) is 2. The van der Waals surface area contributed by atoms with Gasteiger partial charge in [0, 0.05) is 30.2 Å². The van der Waals surface area contributed by atoms with Crippen LogP contribution < -0.4 is 5.32 Å². The number of carbonyl (C=O) groups excluding carboxylic acids is 1. The number of amides is 1. The van der Waals surface area contributed by atoms with Gasteiger partial charge in [-0.25, -0.2) is 0 Å². The molecule has 1 heterocycles. The molecule has 1 aromatic rings. The molecule has 1 aliphatic rings. The van der Waals surface area contributed by atoms with Gasteiger partial charge in [-0.15, -0.1) is 0 Å². The molecular weight excluding hydrogens is 248 g/mol. The van der Waals surface area contributed by atoms with Gasteiger partial charge in [0.1, 0.15) is 0 Å².